The van der Waals surface area contributed by atoms with Crippen LogP contribution in [0, 0.1) is 5.82 Å². The molecule has 1 fully saturated rings. The molecule has 0 bridgehead atoms. The Kier molecular flexibility index (Phi) is 7.14. The fraction of sp³-hybridized carbons (Fsp3) is 0.364. The second-order valence-electron chi connectivity index (χ2n) is 7.05. The lowest BCUT2D eigenvalue weighted by Gasteiger charge is -2.34. The topological polar surface area (TPSA) is 52.7 Å². The third-order valence-corrected chi connectivity index (χ3v) is 4.97. The lowest BCUT2D eigenvalue weighted by atomic mass is 10.1. The van der Waals surface area contributed by atoms with Crippen LogP contribution >= 0.6 is 0 Å². The molecule has 2 aromatic carbocycles. The van der Waals surface area contributed by atoms with Crippen LogP contribution in [0.2, 0.25) is 0 Å². The average molecular weight is 383 g/mol. The van der Waals surface area contributed by atoms with E-state index in [9.17, 15) is 14.0 Å². The van der Waals surface area contributed by atoms with Gasteiger partial charge >= 0.3 is 0 Å². The van der Waals surface area contributed by atoms with Gasteiger partial charge in [0.2, 0.25) is 11.8 Å². The molecule has 2 aromatic rings. The van der Waals surface area contributed by atoms with E-state index in [0.717, 1.165) is 11.1 Å². The number of piperazine rings is 1. The number of halogens is 1. The zero-order valence-electron chi connectivity index (χ0n) is 15.9. The van der Waals surface area contributed by atoms with Crippen LogP contribution in [0.4, 0.5) is 4.39 Å². The number of benzene rings is 2. The number of carbonyl (C=O) groups excluding carboxylic acids is 2. The van der Waals surface area contributed by atoms with E-state index in [1.54, 1.807) is 12.1 Å². The van der Waals surface area contributed by atoms with Crippen molar-refractivity contribution in [2.45, 2.75) is 19.4 Å². The van der Waals surface area contributed by atoms with Crippen molar-refractivity contribution in [1.82, 2.24) is 15.1 Å². The first kappa shape index (κ1) is 20.0. The second-order valence-corrected chi connectivity index (χ2v) is 7.05. The van der Waals surface area contributed by atoms with Gasteiger partial charge in [0.1, 0.15) is 5.82 Å². The van der Waals surface area contributed by atoms with Crippen LogP contribution in [0.5, 0.6) is 0 Å². The average Bonchev–Trinajstić information content (AvgIpc) is 2.73. The molecule has 2 amide bonds. The highest BCUT2D eigenvalue weighted by atomic mass is 19.1. The summed E-state index contributed by atoms with van der Waals surface area (Å²) in [6.07, 6.45) is 1.03. The Balaban J connectivity index is 1.34. The first-order valence-electron chi connectivity index (χ1n) is 9.65. The lowest BCUT2D eigenvalue weighted by Crippen LogP contribution is -2.51. The number of nitrogens with one attached hydrogen (secondary N) is 1. The lowest BCUT2D eigenvalue weighted by molar-refractivity contribution is -0.133. The van der Waals surface area contributed by atoms with Gasteiger partial charge in [-0.25, -0.2) is 4.39 Å². The number of amides is 2. The van der Waals surface area contributed by atoms with Crippen molar-refractivity contribution in [1.29, 1.82) is 0 Å². The SMILES string of the molecule is O=C(CN1CCN(C(=O)CCc2ccc(F)cc2)CC1)NCc1ccccc1. The van der Waals surface area contributed by atoms with E-state index >= 15 is 0 Å². The van der Waals surface area contributed by atoms with Gasteiger partial charge in [0.05, 0.1) is 6.54 Å². The van der Waals surface area contributed by atoms with Gasteiger partial charge in [-0.15, -0.1) is 0 Å². The summed E-state index contributed by atoms with van der Waals surface area (Å²) in [6.45, 7) is 3.54. The Hall–Kier alpha value is -2.73. The number of carbonyl (C=O) groups is 2. The molecule has 3 rings (SSSR count). The summed E-state index contributed by atoms with van der Waals surface area (Å²) < 4.78 is 12.9. The van der Waals surface area contributed by atoms with Crippen molar-refractivity contribution in [2.24, 2.45) is 0 Å². The molecule has 0 aliphatic carbocycles. The highest BCUT2D eigenvalue weighted by Gasteiger charge is 2.22. The maximum atomic E-state index is 12.9. The Morgan fingerprint density at radius 1 is 0.893 bits per heavy atom. The van der Waals surface area contributed by atoms with Crippen molar-refractivity contribution in [2.75, 3.05) is 32.7 Å². The maximum Gasteiger partial charge on any atom is 0.234 e. The molecule has 6 heteroatoms. The van der Waals surface area contributed by atoms with Gasteiger partial charge in [-0.3, -0.25) is 14.5 Å². The molecule has 28 heavy (non-hydrogen) atoms. The van der Waals surface area contributed by atoms with Crippen molar-refractivity contribution in [3.8, 4) is 0 Å². The summed E-state index contributed by atoms with van der Waals surface area (Å²) in [4.78, 5) is 28.4. The molecular formula is C22H26FN3O2. The number of nitrogens with zero attached hydrogens (tertiary/aromatic N) is 2. The minimum Gasteiger partial charge on any atom is -0.351 e. The standard InChI is InChI=1S/C22H26FN3O2/c23-20-9-6-18(7-10-20)8-11-22(28)26-14-12-25(13-15-26)17-21(27)24-16-19-4-2-1-3-5-19/h1-7,9-10H,8,11-17H2,(H,24,27). The van der Waals surface area contributed by atoms with E-state index < -0.39 is 0 Å². The Labute approximate surface area is 165 Å². The molecule has 0 saturated carbocycles. The summed E-state index contributed by atoms with van der Waals surface area (Å²) in [5.41, 5.74) is 2.04. The maximum absolute atomic E-state index is 12.9. The molecule has 1 saturated heterocycles. The van der Waals surface area contributed by atoms with Crippen LogP contribution in [-0.2, 0) is 22.6 Å². The quantitative estimate of drug-likeness (QED) is 0.798. The summed E-state index contributed by atoms with van der Waals surface area (Å²) in [5, 5.41) is 2.93. The van der Waals surface area contributed by atoms with Crippen LogP contribution in [0.3, 0.4) is 0 Å². The molecule has 148 valence electrons. The monoisotopic (exact) mass is 383 g/mol. The molecular weight excluding hydrogens is 357 g/mol. The van der Waals surface area contributed by atoms with E-state index in [1.165, 1.54) is 12.1 Å². The molecule has 0 unspecified atom stereocenters. The second kappa shape index (κ2) is 9.99. The van der Waals surface area contributed by atoms with Crippen molar-refractivity contribution in [3.63, 3.8) is 0 Å². The van der Waals surface area contributed by atoms with E-state index in [2.05, 4.69) is 10.2 Å². The fourth-order valence-corrected chi connectivity index (χ4v) is 3.27. The van der Waals surface area contributed by atoms with Crippen LogP contribution in [0.1, 0.15) is 17.5 Å². The number of rotatable bonds is 7. The van der Waals surface area contributed by atoms with Gasteiger partial charge in [-0.2, -0.15) is 0 Å². The predicted octanol–water partition coefficient (Wildman–Crippen LogP) is 2.22. The fourth-order valence-electron chi connectivity index (χ4n) is 3.27. The predicted molar refractivity (Wildman–Crippen MR) is 106 cm³/mol. The molecule has 0 aromatic heterocycles. The number of hydrogen-bond donors (Lipinski definition) is 1. The van der Waals surface area contributed by atoms with Gasteiger partial charge in [0.15, 0.2) is 0 Å². The van der Waals surface area contributed by atoms with Crippen LogP contribution in [0.25, 0.3) is 0 Å². The van der Waals surface area contributed by atoms with Gasteiger partial charge in [0.25, 0.3) is 0 Å². The summed E-state index contributed by atoms with van der Waals surface area (Å²) in [5.74, 6) is -0.156. The molecule has 1 aliphatic heterocycles. The number of hydrogen-bond acceptors (Lipinski definition) is 3. The molecule has 0 radical (unpaired) electrons. The van der Waals surface area contributed by atoms with Gasteiger partial charge in [0, 0.05) is 39.1 Å². The Bertz CT molecular complexity index is 772. The van der Waals surface area contributed by atoms with Gasteiger partial charge < -0.3 is 10.2 Å². The van der Waals surface area contributed by atoms with Gasteiger partial charge in [-0.1, -0.05) is 42.5 Å². The molecule has 1 heterocycles. The summed E-state index contributed by atoms with van der Waals surface area (Å²) in [6, 6.07) is 16.1. The zero-order valence-corrected chi connectivity index (χ0v) is 15.9. The van der Waals surface area contributed by atoms with E-state index in [-0.39, 0.29) is 17.6 Å². The van der Waals surface area contributed by atoms with E-state index in [0.29, 0.717) is 52.1 Å². The molecule has 1 N–H and O–H groups in total. The van der Waals surface area contributed by atoms with Crippen LogP contribution < -0.4 is 5.32 Å². The van der Waals surface area contributed by atoms with Crippen molar-refractivity contribution in [3.05, 3.63) is 71.5 Å². The normalized spacial score (nSPS) is 14.7. The first-order chi connectivity index (χ1) is 13.6. The van der Waals surface area contributed by atoms with Crippen LogP contribution in [-0.4, -0.2) is 54.3 Å². The zero-order chi connectivity index (χ0) is 19.8. The van der Waals surface area contributed by atoms with Crippen molar-refractivity contribution < 1.29 is 14.0 Å². The smallest absolute Gasteiger partial charge is 0.234 e. The van der Waals surface area contributed by atoms with E-state index in [1.807, 2.05) is 35.2 Å². The Morgan fingerprint density at radius 2 is 1.57 bits per heavy atom. The minimum atomic E-state index is -0.265. The Morgan fingerprint density at radius 3 is 2.25 bits per heavy atom. The van der Waals surface area contributed by atoms with E-state index in [4.69, 9.17) is 0 Å². The largest absolute Gasteiger partial charge is 0.351 e. The highest BCUT2D eigenvalue weighted by Crippen LogP contribution is 2.09. The summed E-state index contributed by atoms with van der Waals surface area (Å²) in [7, 11) is 0. The molecule has 5 nitrogen and oxygen atoms in total. The molecule has 0 spiro atoms. The molecule has 0 atom stereocenters. The number of aryl methyl sites for hydroxylation is 1. The first-order valence-corrected chi connectivity index (χ1v) is 9.65. The highest BCUT2D eigenvalue weighted by molar-refractivity contribution is 5.78. The van der Waals surface area contributed by atoms with Gasteiger partial charge in [-0.05, 0) is 29.7 Å². The minimum absolute atomic E-state index is 0.0000561. The molecule has 1 aliphatic rings. The third-order valence-electron chi connectivity index (χ3n) is 4.97. The van der Waals surface area contributed by atoms with Crippen molar-refractivity contribution >= 4 is 11.8 Å². The summed E-state index contributed by atoms with van der Waals surface area (Å²) >= 11 is 0. The van der Waals surface area contributed by atoms with Crippen LogP contribution in [0.15, 0.2) is 54.6 Å². The third kappa shape index (κ3) is 6.16.